The average molecular weight is 409 g/mol. The fraction of sp³-hybridized carbons (Fsp3) is 0.0500. The third-order valence-electron chi connectivity index (χ3n) is 1.82. The number of hydrogen-bond acceptors (Lipinski definition) is 1. The van der Waals surface area contributed by atoms with E-state index in [1.807, 2.05) is 91.0 Å². The number of benzene rings is 3. The first-order chi connectivity index (χ1) is 10.7. The molecule has 0 aliphatic heterocycles. The van der Waals surface area contributed by atoms with Crippen LogP contribution in [0, 0.1) is 18.2 Å². The van der Waals surface area contributed by atoms with E-state index in [0.717, 1.165) is 6.92 Å². The summed E-state index contributed by atoms with van der Waals surface area (Å²) >= 11 is 0. The first-order valence-electron chi connectivity index (χ1n) is 6.64. The van der Waals surface area contributed by atoms with Crippen molar-refractivity contribution in [3.05, 3.63) is 109 Å². The minimum Gasteiger partial charge on any atom is -0.248 e. The third-order valence-corrected chi connectivity index (χ3v) is 1.82. The molecule has 3 aromatic carbocycles. The van der Waals surface area contributed by atoms with E-state index in [1.165, 1.54) is 0 Å². The molecule has 0 atom stereocenters. The van der Waals surface area contributed by atoms with Gasteiger partial charge in [0.1, 0.15) is 0 Å². The van der Waals surface area contributed by atoms with Crippen LogP contribution in [0.15, 0.2) is 91.0 Å². The Hall–Kier alpha value is -2.07. The summed E-state index contributed by atoms with van der Waals surface area (Å²) < 4.78 is 0. The van der Waals surface area contributed by atoms with Crippen LogP contribution in [0.3, 0.4) is 0 Å². The minimum absolute atomic E-state index is 0. The van der Waals surface area contributed by atoms with Gasteiger partial charge in [-0.2, -0.15) is 0 Å². The first-order valence-corrected chi connectivity index (χ1v) is 6.64. The van der Waals surface area contributed by atoms with Gasteiger partial charge in [0.15, 0.2) is 0 Å². The van der Waals surface area contributed by atoms with Crippen LogP contribution in [-0.2, 0) is 9.90 Å². The second kappa shape index (κ2) is 19.9. The molecule has 114 valence electrons. The molecule has 0 aliphatic rings. The Labute approximate surface area is 155 Å². The molecule has 0 aromatic heterocycles. The summed E-state index contributed by atoms with van der Waals surface area (Å²) in [5, 5.41) is 8.89. The van der Waals surface area contributed by atoms with Crippen LogP contribution in [0.1, 0.15) is 6.92 Å². The van der Waals surface area contributed by atoms with E-state index in [0.29, 0.717) is 0 Å². The molecule has 0 bridgehead atoms. The van der Waals surface area contributed by atoms with Crippen LogP contribution in [-0.4, -0.2) is 29.9 Å². The topological polar surface area (TPSA) is 37.0 Å². The van der Waals surface area contributed by atoms with Crippen LogP contribution in [0.2, 0.25) is 0 Å². The summed E-state index contributed by atoms with van der Waals surface area (Å²) in [5.74, 6) is -1.08. The predicted molar refractivity (Wildman–Crippen MR) is 93.0 cm³/mol. The fourth-order valence-electron chi connectivity index (χ4n) is 1.03. The Morgan fingerprint density at radius 2 is 0.739 bits per heavy atom. The number of carbonyl (C=O) groups is 1. The number of rotatable bonds is 0. The van der Waals surface area contributed by atoms with Crippen LogP contribution in [0.25, 0.3) is 0 Å². The summed E-state index contributed by atoms with van der Waals surface area (Å²) in [6.45, 7) is 0.972. The van der Waals surface area contributed by atoms with Gasteiger partial charge in [0, 0.05) is 30.8 Å². The SMILES string of the molecule is CC([O])=O.[Sn].[c]1ccccc1.[c]1ccccc1.[c]1ccccc1. The minimum atomic E-state index is -1.08. The second-order valence-electron chi connectivity index (χ2n) is 3.72. The molecule has 0 amide bonds. The summed E-state index contributed by atoms with van der Waals surface area (Å²) in [5.41, 5.74) is 0. The van der Waals surface area contributed by atoms with Crippen LogP contribution < -0.4 is 0 Å². The molecule has 0 unspecified atom stereocenters. The fourth-order valence-corrected chi connectivity index (χ4v) is 1.03. The van der Waals surface area contributed by atoms with Crippen molar-refractivity contribution in [2.45, 2.75) is 6.92 Å². The molecule has 3 rings (SSSR count). The predicted octanol–water partition coefficient (Wildman–Crippen LogP) is 4.04. The molecule has 23 heavy (non-hydrogen) atoms. The molecule has 3 heteroatoms. The van der Waals surface area contributed by atoms with Crippen molar-refractivity contribution >= 4 is 29.9 Å². The van der Waals surface area contributed by atoms with E-state index < -0.39 is 5.97 Å². The molecule has 2 nitrogen and oxygen atoms in total. The Balaban J connectivity index is 0. The Bertz CT molecular complexity index is 383. The van der Waals surface area contributed by atoms with E-state index in [4.69, 9.17) is 9.90 Å². The van der Waals surface area contributed by atoms with E-state index in [9.17, 15) is 0 Å². The van der Waals surface area contributed by atoms with Crippen LogP contribution in [0.4, 0.5) is 0 Å². The standard InChI is InChI=1S/3C6H5.C2H3O2.Sn/c3*1-2-4-6-5-3-1;1-2(3)4;/h3*1-5H;1H3;. The van der Waals surface area contributed by atoms with E-state index in [2.05, 4.69) is 18.2 Å². The van der Waals surface area contributed by atoms with Crippen molar-refractivity contribution in [2.75, 3.05) is 0 Å². The largest absolute Gasteiger partial charge is 0.352 e. The summed E-state index contributed by atoms with van der Waals surface area (Å²) in [6, 6.07) is 37.5. The molecule has 0 fully saturated rings. The van der Waals surface area contributed by atoms with Gasteiger partial charge >= 0.3 is 5.97 Å². The van der Waals surface area contributed by atoms with Gasteiger partial charge in [-0.1, -0.05) is 91.0 Å². The molecule has 3 aromatic rings. The van der Waals surface area contributed by atoms with E-state index in [-0.39, 0.29) is 23.9 Å². The van der Waals surface area contributed by atoms with Crippen LogP contribution in [0.5, 0.6) is 0 Å². The molecule has 0 N–H and O–H groups in total. The Kier molecular flexibility index (Phi) is 20.1. The van der Waals surface area contributed by atoms with Crippen molar-refractivity contribution in [2.24, 2.45) is 0 Å². The summed E-state index contributed by atoms with van der Waals surface area (Å²) in [4.78, 5) is 8.89. The average Bonchev–Trinajstić information content (AvgIpc) is 2.60. The quantitative estimate of drug-likeness (QED) is 0.517. The zero-order valence-electron chi connectivity index (χ0n) is 13.0. The normalized spacial score (nSPS) is 7.35. The van der Waals surface area contributed by atoms with Crippen molar-refractivity contribution in [1.82, 2.24) is 0 Å². The van der Waals surface area contributed by atoms with Gasteiger partial charge in [-0.15, -0.1) is 0 Å². The molecule has 0 saturated heterocycles. The van der Waals surface area contributed by atoms with Crippen molar-refractivity contribution in [3.8, 4) is 0 Å². The smallest absolute Gasteiger partial charge is 0.248 e. The number of hydrogen-bond donors (Lipinski definition) is 0. The van der Waals surface area contributed by atoms with Gasteiger partial charge in [-0.05, 0) is 18.2 Å². The molecule has 0 aliphatic carbocycles. The van der Waals surface area contributed by atoms with E-state index >= 15 is 0 Å². The van der Waals surface area contributed by atoms with Crippen LogP contribution >= 0.6 is 0 Å². The zero-order valence-corrected chi connectivity index (χ0v) is 15.8. The molecule has 0 heterocycles. The summed E-state index contributed by atoms with van der Waals surface area (Å²) in [7, 11) is 0. The van der Waals surface area contributed by atoms with Gasteiger partial charge in [0.2, 0.25) is 0 Å². The second-order valence-corrected chi connectivity index (χ2v) is 3.72. The maximum absolute atomic E-state index is 8.89. The zero-order chi connectivity index (χ0) is 16.3. The van der Waals surface area contributed by atoms with Crippen molar-refractivity contribution in [3.63, 3.8) is 0 Å². The molecular formula is C20H18O2Sn. The van der Waals surface area contributed by atoms with Crippen molar-refractivity contribution in [1.29, 1.82) is 0 Å². The van der Waals surface area contributed by atoms with Gasteiger partial charge in [0.25, 0.3) is 0 Å². The van der Waals surface area contributed by atoms with Crippen molar-refractivity contribution < 1.29 is 9.90 Å². The monoisotopic (exact) mass is 410 g/mol. The van der Waals surface area contributed by atoms with Gasteiger partial charge < -0.3 is 0 Å². The molecular weight excluding hydrogens is 391 g/mol. The van der Waals surface area contributed by atoms with E-state index in [1.54, 1.807) is 0 Å². The van der Waals surface area contributed by atoms with Gasteiger partial charge in [-0.3, -0.25) is 0 Å². The maximum atomic E-state index is 8.89. The number of carbonyl (C=O) groups excluding carboxylic acids is 1. The maximum Gasteiger partial charge on any atom is 0.352 e. The summed E-state index contributed by atoms with van der Waals surface area (Å²) in [6.07, 6.45) is 0. The van der Waals surface area contributed by atoms with Gasteiger partial charge in [-0.25, -0.2) is 9.90 Å². The molecule has 0 saturated carbocycles. The Morgan fingerprint density at radius 1 is 0.565 bits per heavy atom. The Morgan fingerprint density at radius 3 is 0.783 bits per heavy atom. The molecule has 8 radical (unpaired) electrons. The van der Waals surface area contributed by atoms with Gasteiger partial charge in [0.05, 0.1) is 0 Å². The molecule has 0 spiro atoms. The third kappa shape index (κ3) is 25.2. The first kappa shape index (κ1) is 23.2.